The minimum Gasteiger partial charge on any atom is -0.324 e. The Kier molecular flexibility index (Phi) is 5.95. The zero-order chi connectivity index (χ0) is 14.4. The molecule has 104 valence electrons. The van der Waals surface area contributed by atoms with Gasteiger partial charge in [-0.15, -0.1) is 11.8 Å². The van der Waals surface area contributed by atoms with Gasteiger partial charge in [0.05, 0.1) is 11.4 Å². The van der Waals surface area contributed by atoms with Crippen molar-refractivity contribution in [3.05, 3.63) is 63.6 Å². The largest absolute Gasteiger partial charge is 0.324 e. The molecule has 5 heteroatoms. The van der Waals surface area contributed by atoms with Crippen molar-refractivity contribution >= 4 is 50.9 Å². The predicted molar refractivity (Wildman–Crippen MR) is 90.4 cm³/mol. The first-order valence-corrected chi connectivity index (χ1v) is 8.35. The Balaban J connectivity index is 1.82. The van der Waals surface area contributed by atoms with Crippen LogP contribution in [-0.4, -0.2) is 11.7 Å². The van der Waals surface area contributed by atoms with Crippen LogP contribution in [0.2, 0.25) is 5.02 Å². The van der Waals surface area contributed by atoms with Gasteiger partial charge < -0.3 is 5.32 Å². The lowest BCUT2D eigenvalue weighted by Gasteiger charge is -2.07. The molecule has 0 aliphatic rings. The maximum atomic E-state index is 11.9. The van der Waals surface area contributed by atoms with E-state index >= 15 is 0 Å². The third-order valence-electron chi connectivity index (χ3n) is 2.60. The molecule has 0 radical (unpaired) electrons. The number of halogens is 2. The monoisotopic (exact) mass is 369 g/mol. The van der Waals surface area contributed by atoms with E-state index in [9.17, 15) is 4.79 Å². The molecule has 20 heavy (non-hydrogen) atoms. The Hall–Kier alpha value is -0.970. The molecule has 2 rings (SSSR count). The molecule has 0 atom stereocenters. The van der Waals surface area contributed by atoms with Gasteiger partial charge in [0, 0.05) is 15.2 Å². The fourth-order valence-corrected chi connectivity index (χ4v) is 3.11. The fraction of sp³-hybridized carbons (Fsp3) is 0.133. The quantitative estimate of drug-likeness (QED) is 0.804. The van der Waals surface area contributed by atoms with Gasteiger partial charge in [-0.05, 0) is 39.7 Å². The molecule has 0 fully saturated rings. The second kappa shape index (κ2) is 7.72. The van der Waals surface area contributed by atoms with Crippen molar-refractivity contribution in [3.8, 4) is 0 Å². The molecule has 0 bridgehead atoms. The topological polar surface area (TPSA) is 29.1 Å². The summed E-state index contributed by atoms with van der Waals surface area (Å²) in [6.07, 6.45) is 0. The lowest BCUT2D eigenvalue weighted by molar-refractivity contribution is -0.113. The number of hydrogen-bond donors (Lipinski definition) is 1. The number of para-hydroxylation sites is 1. The Labute approximate surface area is 136 Å². The Morgan fingerprint density at radius 1 is 1.15 bits per heavy atom. The summed E-state index contributed by atoms with van der Waals surface area (Å²) in [5.41, 5.74) is 1.84. The maximum Gasteiger partial charge on any atom is 0.234 e. The predicted octanol–water partition coefficient (Wildman–Crippen LogP) is 4.97. The van der Waals surface area contributed by atoms with Gasteiger partial charge in [-0.2, -0.15) is 0 Å². The van der Waals surface area contributed by atoms with E-state index in [-0.39, 0.29) is 5.91 Å². The number of benzene rings is 2. The first-order valence-electron chi connectivity index (χ1n) is 6.02. The van der Waals surface area contributed by atoms with Crippen molar-refractivity contribution in [3.63, 3.8) is 0 Å². The normalized spacial score (nSPS) is 10.3. The first kappa shape index (κ1) is 15.4. The van der Waals surface area contributed by atoms with Crippen LogP contribution in [0.1, 0.15) is 5.56 Å². The summed E-state index contributed by atoms with van der Waals surface area (Å²) in [6.45, 7) is 0. The summed E-state index contributed by atoms with van der Waals surface area (Å²) < 4.78 is 0.879. The van der Waals surface area contributed by atoms with Gasteiger partial charge in [0.1, 0.15) is 0 Å². The molecule has 2 aromatic rings. The minimum absolute atomic E-state index is 0.0195. The summed E-state index contributed by atoms with van der Waals surface area (Å²) in [5, 5.41) is 3.61. The molecule has 0 aliphatic carbocycles. The zero-order valence-corrected chi connectivity index (χ0v) is 13.8. The number of hydrogen-bond acceptors (Lipinski definition) is 2. The fourth-order valence-electron chi connectivity index (χ4n) is 1.62. The number of thioether (sulfide) groups is 1. The van der Waals surface area contributed by atoms with Crippen molar-refractivity contribution in [1.29, 1.82) is 0 Å². The summed E-state index contributed by atoms with van der Waals surface area (Å²) in [7, 11) is 0. The molecule has 2 nitrogen and oxygen atoms in total. The van der Waals surface area contributed by atoms with Crippen LogP contribution in [0, 0.1) is 0 Å². The highest BCUT2D eigenvalue weighted by Gasteiger charge is 2.06. The Bertz CT molecular complexity index is 606. The first-order chi connectivity index (χ1) is 9.66. The molecule has 0 saturated carbocycles. The number of amides is 1. The van der Waals surface area contributed by atoms with E-state index in [1.54, 1.807) is 11.8 Å². The maximum absolute atomic E-state index is 11.9. The van der Waals surface area contributed by atoms with E-state index in [1.807, 2.05) is 48.5 Å². The van der Waals surface area contributed by atoms with Gasteiger partial charge in [0.2, 0.25) is 5.91 Å². The van der Waals surface area contributed by atoms with Crippen LogP contribution in [0.4, 0.5) is 5.69 Å². The standard InChI is InChI=1S/C15H13BrClNOS/c16-12-6-2-4-8-14(12)18-15(19)10-20-9-11-5-1-3-7-13(11)17/h1-8H,9-10H2,(H,18,19). The van der Waals surface area contributed by atoms with E-state index in [2.05, 4.69) is 21.2 Å². The van der Waals surface area contributed by atoms with E-state index in [0.29, 0.717) is 5.75 Å². The molecule has 0 aromatic heterocycles. The third kappa shape index (κ3) is 4.54. The van der Waals surface area contributed by atoms with Gasteiger partial charge in [0.25, 0.3) is 0 Å². The third-order valence-corrected chi connectivity index (χ3v) is 4.64. The van der Waals surface area contributed by atoms with Crippen LogP contribution in [-0.2, 0) is 10.5 Å². The Morgan fingerprint density at radius 2 is 1.85 bits per heavy atom. The molecule has 0 saturated heterocycles. The van der Waals surface area contributed by atoms with Crippen LogP contribution in [0.15, 0.2) is 53.0 Å². The van der Waals surface area contributed by atoms with E-state index in [0.717, 1.165) is 26.5 Å². The lowest BCUT2D eigenvalue weighted by atomic mass is 10.2. The second-order valence-corrected chi connectivity index (χ2v) is 6.36. The summed E-state index contributed by atoms with van der Waals surface area (Å²) >= 11 is 11.0. The zero-order valence-electron chi connectivity index (χ0n) is 10.6. The average Bonchev–Trinajstić information content (AvgIpc) is 2.43. The van der Waals surface area contributed by atoms with Gasteiger partial charge in [-0.25, -0.2) is 0 Å². The molecule has 0 unspecified atom stereocenters. The number of carbonyl (C=O) groups excluding carboxylic acids is 1. The van der Waals surface area contributed by atoms with Crippen LogP contribution in [0.5, 0.6) is 0 Å². The van der Waals surface area contributed by atoms with Crippen LogP contribution in [0.25, 0.3) is 0 Å². The summed E-state index contributed by atoms with van der Waals surface area (Å²) in [6, 6.07) is 15.2. The molecule has 0 spiro atoms. The van der Waals surface area contributed by atoms with Gasteiger partial charge in [0.15, 0.2) is 0 Å². The van der Waals surface area contributed by atoms with Gasteiger partial charge >= 0.3 is 0 Å². The molecular weight excluding hydrogens is 358 g/mol. The lowest BCUT2D eigenvalue weighted by Crippen LogP contribution is -2.14. The van der Waals surface area contributed by atoms with Gasteiger partial charge in [-0.3, -0.25) is 4.79 Å². The molecule has 1 amide bonds. The molecule has 0 heterocycles. The summed E-state index contributed by atoms with van der Waals surface area (Å²) in [5.74, 6) is 1.10. The SMILES string of the molecule is O=C(CSCc1ccccc1Cl)Nc1ccccc1Br. The van der Waals surface area contributed by atoms with E-state index in [1.165, 1.54) is 0 Å². The van der Waals surface area contributed by atoms with Crippen LogP contribution < -0.4 is 5.32 Å². The van der Waals surface area contributed by atoms with Crippen LogP contribution in [0.3, 0.4) is 0 Å². The van der Waals surface area contributed by atoms with Crippen molar-refractivity contribution in [2.75, 3.05) is 11.1 Å². The van der Waals surface area contributed by atoms with Gasteiger partial charge in [-0.1, -0.05) is 41.9 Å². The van der Waals surface area contributed by atoms with Crippen LogP contribution >= 0.6 is 39.3 Å². The number of rotatable bonds is 5. The Morgan fingerprint density at radius 3 is 2.60 bits per heavy atom. The van der Waals surface area contributed by atoms with Crippen molar-refractivity contribution < 1.29 is 4.79 Å². The van der Waals surface area contributed by atoms with Crippen molar-refractivity contribution in [2.24, 2.45) is 0 Å². The molecule has 1 N–H and O–H groups in total. The highest BCUT2D eigenvalue weighted by molar-refractivity contribution is 9.10. The number of nitrogens with one attached hydrogen (secondary N) is 1. The number of anilines is 1. The smallest absolute Gasteiger partial charge is 0.234 e. The molecule has 2 aromatic carbocycles. The van der Waals surface area contributed by atoms with E-state index < -0.39 is 0 Å². The average molecular weight is 371 g/mol. The number of carbonyl (C=O) groups is 1. The summed E-state index contributed by atoms with van der Waals surface area (Å²) in [4.78, 5) is 11.9. The van der Waals surface area contributed by atoms with E-state index in [4.69, 9.17) is 11.6 Å². The second-order valence-electron chi connectivity index (χ2n) is 4.11. The minimum atomic E-state index is -0.0195. The highest BCUT2D eigenvalue weighted by Crippen LogP contribution is 2.23. The van der Waals surface area contributed by atoms with Crippen molar-refractivity contribution in [1.82, 2.24) is 0 Å². The molecular formula is C15H13BrClNOS. The van der Waals surface area contributed by atoms with Crippen molar-refractivity contribution in [2.45, 2.75) is 5.75 Å². The highest BCUT2D eigenvalue weighted by atomic mass is 79.9. The molecule has 0 aliphatic heterocycles.